The molecule has 1 heteroatoms. The van der Waals surface area contributed by atoms with Crippen LogP contribution in [-0.2, 0) is 0 Å². The van der Waals surface area contributed by atoms with E-state index in [1.807, 2.05) is 6.07 Å². The minimum absolute atomic E-state index is 0.969. The van der Waals surface area contributed by atoms with E-state index in [9.17, 15) is 0 Å². The molecule has 10 rings (SSSR count). The van der Waals surface area contributed by atoms with Crippen LogP contribution in [0.5, 0.6) is 0 Å². The molecule has 0 fully saturated rings. The molecule has 52 heavy (non-hydrogen) atoms. The molecule has 0 amide bonds. The summed E-state index contributed by atoms with van der Waals surface area (Å²) in [5.41, 5.74) is 11.5. The molecule has 0 N–H and O–H groups in total. The van der Waals surface area contributed by atoms with Gasteiger partial charge in [-0.15, -0.1) is 0 Å². The third kappa shape index (κ3) is 5.23. The lowest BCUT2D eigenvalue weighted by Crippen LogP contribution is -1.92. The van der Waals surface area contributed by atoms with Gasteiger partial charge in [0.2, 0.25) is 0 Å². The lowest BCUT2D eigenvalue weighted by Gasteiger charge is -2.19. The summed E-state index contributed by atoms with van der Waals surface area (Å²) >= 11 is 0. The number of fused-ring (bicyclic) bond motifs is 4. The Labute approximate surface area is 303 Å². The van der Waals surface area contributed by atoms with Gasteiger partial charge >= 0.3 is 0 Å². The molecule has 0 atom stereocenters. The second-order valence-corrected chi connectivity index (χ2v) is 13.5. The first-order chi connectivity index (χ1) is 25.8. The van der Waals surface area contributed by atoms with Gasteiger partial charge in [0.25, 0.3) is 0 Å². The Hall–Kier alpha value is -6.83. The van der Waals surface area contributed by atoms with Crippen molar-refractivity contribution in [2.75, 3.05) is 0 Å². The first-order valence-corrected chi connectivity index (χ1v) is 17.9. The number of hydrogen-bond acceptors (Lipinski definition) is 1. The van der Waals surface area contributed by atoms with Crippen molar-refractivity contribution in [3.63, 3.8) is 0 Å². The van der Waals surface area contributed by atoms with Crippen molar-refractivity contribution in [1.82, 2.24) is 4.98 Å². The smallest absolute Gasteiger partial charge is 0.0709 e. The van der Waals surface area contributed by atoms with E-state index in [1.165, 1.54) is 76.5 Å². The summed E-state index contributed by atoms with van der Waals surface area (Å²) in [6, 6.07) is 72.5. The molecule has 0 saturated heterocycles. The molecule has 0 aliphatic heterocycles. The Bertz CT molecular complexity index is 2940. The van der Waals surface area contributed by atoms with Gasteiger partial charge in [0.05, 0.1) is 11.4 Å². The van der Waals surface area contributed by atoms with Crippen LogP contribution in [-0.4, -0.2) is 4.98 Å². The highest BCUT2D eigenvalue weighted by molar-refractivity contribution is 6.22. The summed E-state index contributed by atoms with van der Waals surface area (Å²) in [6.07, 6.45) is 0. The maximum absolute atomic E-state index is 5.01. The highest BCUT2D eigenvalue weighted by Crippen LogP contribution is 2.45. The van der Waals surface area contributed by atoms with Gasteiger partial charge < -0.3 is 0 Å². The molecule has 1 aromatic heterocycles. The van der Waals surface area contributed by atoms with Crippen LogP contribution in [0.2, 0.25) is 0 Å². The number of benzene rings is 9. The molecule has 0 unspecified atom stereocenters. The van der Waals surface area contributed by atoms with E-state index in [2.05, 4.69) is 194 Å². The molecule has 0 aliphatic rings. The van der Waals surface area contributed by atoms with Gasteiger partial charge in [-0.25, -0.2) is 4.98 Å². The third-order valence-electron chi connectivity index (χ3n) is 10.4. The molecule has 242 valence electrons. The number of nitrogens with zero attached hydrogens (tertiary/aromatic N) is 1. The first-order valence-electron chi connectivity index (χ1n) is 17.9. The van der Waals surface area contributed by atoms with Crippen LogP contribution in [0.15, 0.2) is 200 Å². The van der Waals surface area contributed by atoms with Crippen molar-refractivity contribution in [2.45, 2.75) is 0 Å². The molecule has 10 aromatic rings. The Morgan fingerprint density at radius 2 is 0.673 bits per heavy atom. The molecular formula is C51H33N. The molecule has 0 bridgehead atoms. The van der Waals surface area contributed by atoms with Crippen LogP contribution < -0.4 is 0 Å². The topological polar surface area (TPSA) is 12.9 Å². The van der Waals surface area contributed by atoms with E-state index in [0.717, 1.165) is 22.5 Å². The van der Waals surface area contributed by atoms with Gasteiger partial charge in [0.1, 0.15) is 0 Å². The quantitative estimate of drug-likeness (QED) is 0.168. The summed E-state index contributed by atoms with van der Waals surface area (Å²) in [5, 5.41) is 10.00. The van der Waals surface area contributed by atoms with Crippen molar-refractivity contribution in [3.8, 4) is 55.9 Å². The van der Waals surface area contributed by atoms with Crippen LogP contribution in [0.4, 0.5) is 0 Å². The number of rotatable bonds is 5. The Kier molecular flexibility index (Phi) is 7.22. The fourth-order valence-corrected chi connectivity index (χ4v) is 7.87. The zero-order valence-corrected chi connectivity index (χ0v) is 28.5. The van der Waals surface area contributed by atoms with Crippen molar-refractivity contribution in [2.24, 2.45) is 0 Å². The highest BCUT2D eigenvalue weighted by Gasteiger charge is 2.18. The molecule has 1 heterocycles. The average molecular weight is 660 g/mol. The molecular weight excluding hydrogens is 627 g/mol. The van der Waals surface area contributed by atoms with Crippen LogP contribution in [0.25, 0.3) is 99.0 Å². The zero-order chi connectivity index (χ0) is 34.4. The molecule has 1 nitrogen and oxygen atoms in total. The molecule has 0 radical (unpaired) electrons. The Morgan fingerprint density at radius 3 is 1.29 bits per heavy atom. The van der Waals surface area contributed by atoms with Gasteiger partial charge in [-0.2, -0.15) is 0 Å². The second kappa shape index (κ2) is 12.5. The number of pyridine rings is 1. The van der Waals surface area contributed by atoms with Gasteiger partial charge in [-0.1, -0.05) is 170 Å². The molecule has 9 aromatic carbocycles. The van der Waals surface area contributed by atoms with Crippen LogP contribution in [0.1, 0.15) is 0 Å². The normalized spacial score (nSPS) is 11.5. The summed E-state index contributed by atoms with van der Waals surface area (Å²) in [6.45, 7) is 0. The van der Waals surface area contributed by atoms with Crippen molar-refractivity contribution in [1.29, 1.82) is 0 Å². The lowest BCUT2D eigenvalue weighted by atomic mass is 9.84. The second-order valence-electron chi connectivity index (χ2n) is 13.5. The highest BCUT2D eigenvalue weighted by atomic mass is 14.7. The summed E-state index contributed by atoms with van der Waals surface area (Å²) in [5.74, 6) is 0. The van der Waals surface area contributed by atoms with E-state index < -0.39 is 0 Å². The largest absolute Gasteiger partial charge is 0.248 e. The Balaban J connectivity index is 1.17. The lowest BCUT2D eigenvalue weighted by molar-refractivity contribution is 1.32. The average Bonchev–Trinajstić information content (AvgIpc) is 3.22. The van der Waals surface area contributed by atoms with Gasteiger partial charge in [0.15, 0.2) is 0 Å². The fourth-order valence-electron chi connectivity index (χ4n) is 7.87. The monoisotopic (exact) mass is 659 g/mol. The Morgan fingerprint density at radius 1 is 0.231 bits per heavy atom. The van der Waals surface area contributed by atoms with E-state index in [0.29, 0.717) is 0 Å². The van der Waals surface area contributed by atoms with Crippen molar-refractivity contribution < 1.29 is 0 Å². The number of aromatic nitrogens is 1. The zero-order valence-electron chi connectivity index (χ0n) is 28.5. The van der Waals surface area contributed by atoms with Gasteiger partial charge in [0, 0.05) is 11.1 Å². The minimum atomic E-state index is 0.969. The van der Waals surface area contributed by atoms with Crippen LogP contribution >= 0.6 is 0 Å². The minimum Gasteiger partial charge on any atom is -0.248 e. The predicted octanol–water partition coefficient (Wildman–Crippen LogP) is 14.0. The van der Waals surface area contributed by atoms with E-state index in [4.69, 9.17) is 4.98 Å². The first kappa shape index (κ1) is 30.0. The van der Waals surface area contributed by atoms with Gasteiger partial charge in [-0.3, -0.25) is 0 Å². The number of hydrogen-bond donors (Lipinski definition) is 0. The summed E-state index contributed by atoms with van der Waals surface area (Å²) < 4.78 is 0. The predicted molar refractivity (Wildman–Crippen MR) is 221 cm³/mol. The summed E-state index contributed by atoms with van der Waals surface area (Å²) in [4.78, 5) is 5.01. The molecule has 0 saturated carbocycles. The molecule has 0 spiro atoms. The summed E-state index contributed by atoms with van der Waals surface area (Å²) in [7, 11) is 0. The standard InChI is InChI=1S/C51H33N/c1-2-13-37(14-3-1)48-19-10-20-49(52-48)38-25-21-36(22-26-38)41-29-30-46-47(33-41)51(43-28-24-35-12-5-7-16-40(35)32-43)45-18-9-8-17-44(45)50(46)42-27-23-34-11-4-6-15-39(34)31-42/h1-33H. The third-order valence-corrected chi connectivity index (χ3v) is 10.4. The van der Waals surface area contributed by atoms with Crippen LogP contribution in [0.3, 0.4) is 0 Å². The van der Waals surface area contributed by atoms with Crippen LogP contribution in [0, 0.1) is 0 Å². The molecule has 0 aliphatic carbocycles. The maximum Gasteiger partial charge on any atom is 0.0709 e. The SMILES string of the molecule is c1ccc(-c2cccc(-c3ccc(-c4ccc5c(-c6ccc7ccccc7c6)c6ccccc6c(-c6ccc7ccccc7c6)c5c4)cc3)n2)cc1. The van der Waals surface area contributed by atoms with Crippen molar-refractivity contribution >= 4 is 43.1 Å². The fraction of sp³-hybridized carbons (Fsp3) is 0. The van der Waals surface area contributed by atoms with Gasteiger partial charge in [-0.05, 0) is 107 Å². The van der Waals surface area contributed by atoms with E-state index in [1.54, 1.807) is 0 Å². The van der Waals surface area contributed by atoms with E-state index >= 15 is 0 Å². The van der Waals surface area contributed by atoms with E-state index in [-0.39, 0.29) is 0 Å². The maximum atomic E-state index is 5.01. The van der Waals surface area contributed by atoms with Crippen molar-refractivity contribution in [3.05, 3.63) is 200 Å².